The third-order valence-corrected chi connectivity index (χ3v) is 12.0. The molecule has 0 saturated carbocycles. The molecule has 0 aliphatic heterocycles. The first kappa shape index (κ1) is 29.7. The van der Waals surface area contributed by atoms with E-state index in [-0.39, 0.29) is 5.41 Å². The van der Waals surface area contributed by atoms with Crippen molar-refractivity contribution in [3.8, 4) is 39.1 Å². The van der Waals surface area contributed by atoms with E-state index in [0.29, 0.717) is 0 Å². The fraction of sp³-hybridized carbons (Fsp3) is 0.0588. The molecule has 0 spiro atoms. The molecule has 3 heteroatoms. The monoisotopic (exact) mass is 691 g/mol. The van der Waals surface area contributed by atoms with Crippen LogP contribution in [0.1, 0.15) is 25.0 Å². The van der Waals surface area contributed by atoms with Crippen molar-refractivity contribution in [1.82, 2.24) is 4.57 Å². The summed E-state index contributed by atoms with van der Waals surface area (Å²) in [6.07, 6.45) is 0. The Bertz CT molecular complexity index is 3350. The lowest BCUT2D eigenvalue weighted by Gasteiger charge is -2.23. The second-order valence-corrected chi connectivity index (χ2v) is 15.3. The molecule has 0 atom stereocenters. The maximum Gasteiger partial charge on any atom is 0.135 e. The lowest BCUT2D eigenvalue weighted by molar-refractivity contribution is 0.657. The molecule has 8 aromatic carbocycles. The molecular weight excluding hydrogens is 659 g/mol. The summed E-state index contributed by atoms with van der Waals surface area (Å²) in [5, 5.41) is 7.17. The van der Waals surface area contributed by atoms with Gasteiger partial charge in [0.05, 0.1) is 11.0 Å². The summed E-state index contributed by atoms with van der Waals surface area (Å²) in [7, 11) is 0. The zero-order valence-electron chi connectivity index (χ0n) is 29.9. The Kier molecular flexibility index (Phi) is 5.84. The number of benzene rings is 8. The van der Waals surface area contributed by atoms with Crippen LogP contribution in [0.4, 0.5) is 0 Å². The van der Waals surface area contributed by atoms with E-state index >= 15 is 0 Å². The average Bonchev–Trinajstić information content (AvgIpc) is 3.94. The highest BCUT2D eigenvalue weighted by molar-refractivity contribution is 6.13. The van der Waals surface area contributed by atoms with Crippen molar-refractivity contribution in [2.45, 2.75) is 19.3 Å². The van der Waals surface area contributed by atoms with Gasteiger partial charge in [0.15, 0.2) is 0 Å². The van der Waals surface area contributed by atoms with Crippen molar-refractivity contribution in [2.24, 2.45) is 0 Å². The van der Waals surface area contributed by atoms with Gasteiger partial charge in [-0.25, -0.2) is 0 Å². The Labute approximate surface area is 311 Å². The molecule has 3 heterocycles. The van der Waals surface area contributed by atoms with E-state index in [0.717, 1.165) is 38.8 Å². The molecule has 0 N–H and O–H groups in total. The topological polar surface area (TPSA) is 31.2 Å². The van der Waals surface area contributed by atoms with Gasteiger partial charge in [-0.05, 0) is 111 Å². The molecule has 1 aliphatic rings. The van der Waals surface area contributed by atoms with Crippen molar-refractivity contribution in [3.05, 3.63) is 175 Å². The molecule has 12 rings (SSSR count). The quantitative estimate of drug-likeness (QED) is 0.185. The Morgan fingerprint density at radius 2 is 1.00 bits per heavy atom. The smallest absolute Gasteiger partial charge is 0.135 e. The highest BCUT2D eigenvalue weighted by Gasteiger charge is 2.38. The van der Waals surface area contributed by atoms with Crippen molar-refractivity contribution in [3.63, 3.8) is 0 Å². The fourth-order valence-corrected chi connectivity index (χ4v) is 9.44. The predicted molar refractivity (Wildman–Crippen MR) is 224 cm³/mol. The minimum Gasteiger partial charge on any atom is -0.456 e. The number of aromatic nitrogens is 1. The summed E-state index contributed by atoms with van der Waals surface area (Å²) in [5.74, 6) is 0. The van der Waals surface area contributed by atoms with Gasteiger partial charge in [-0.1, -0.05) is 111 Å². The van der Waals surface area contributed by atoms with Gasteiger partial charge in [0.1, 0.15) is 22.3 Å². The lowest BCUT2D eigenvalue weighted by Crippen LogP contribution is -2.15. The number of fused-ring (bicyclic) bond motifs is 13. The average molecular weight is 692 g/mol. The van der Waals surface area contributed by atoms with E-state index < -0.39 is 0 Å². The molecule has 11 aromatic rings. The van der Waals surface area contributed by atoms with Crippen LogP contribution in [0.25, 0.3) is 105 Å². The maximum absolute atomic E-state index is 6.33. The zero-order chi connectivity index (χ0) is 35.7. The Morgan fingerprint density at radius 3 is 1.85 bits per heavy atom. The van der Waals surface area contributed by atoms with E-state index in [2.05, 4.69) is 164 Å². The van der Waals surface area contributed by atoms with E-state index in [1.54, 1.807) is 0 Å². The molecule has 0 unspecified atom stereocenters. The molecule has 0 amide bonds. The van der Waals surface area contributed by atoms with Crippen molar-refractivity contribution in [2.75, 3.05) is 0 Å². The molecular formula is C51H33NO2. The van der Waals surface area contributed by atoms with Gasteiger partial charge in [-0.3, -0.25) is 0 Å². The van der Waals surface area contributed by atoms with Crippen molar-refractivity contribution < 1.29 is 8.83 Å². The number of para-hydroxylation sites is 3. The molecule has 0 saturated heterocycles. The van der Waals surface area contributed by atoms with Crippen molar-refractivity contribution >= 4 is 65.7 Å². The van der Waals surface area contributed by atoms with E-state index in [1.165, 1.54) is 77.1 Å². The first-order valence-electron chi connectivity index (χ1n) is 18.7. The minimum absolute atomic E-state index is 0.196. The molecule has 0 bridgehead atoms. The van der Waals surface area contributed by atoms with Crippen LogP contribution in [0.3, 0.4) is 0 Å². The van der Waals surface area contributed by atoms with Crippen LogP contribution in [0.15, 0.2) is 173 Å². The summed E-state index contributed by atoms with van der Waals surface area (Å²) >= 11 is 0. The third-order valence-electron chi connectivity index (χ3n) is 12.0. The molecule has 0 fully saturated rings. The van der Waals surface area contributed by atoms with Crippen LogP contribution in [-0.2, 0) is 5.41 Å². The van der Waals surface area contributed by atoms with Crippen LogP contribution in [0.5, 0.6) is 0 Å². The highest BCUT2D eigenvalue weighted by atomic mass is 16.3. The van der Waals surface area contributed by atoms with Crippen LogP contribution >= 0.6 is 0 Å². The number of furan rings is 2. The molecule has 1 aliphatic carbocycles. The standard InChI is InChI=1S/C51H33NO2/c1-51(2)42-28-32(16-20-35(42)38-22-25-48-49(50(38)51)39-13-7-9-15-46(39)54-48)33-17-21-36-40-26-30(18-23-43(40)52(44(36)29-33)34-10-4-3-5-11-34)31-19-24-47-41(27-31)37-12-6-8-14-45(37)53-47/h3-29H,1-2H3. The summed E-state index contributed by atoms with van der Waals surface area (Å²) in [6.45, 7) is 4.73. The molecule has 254 valence electrons. The summed E-state index contributed by atoms with van der Waals surface area (Å²) in [5.41, 5.74) is 17.2. The van der Waals surface area contributed by atoms with Gasteiger partial charge in [0, 0.05) is 43.4 Å². The summed E-state index contributed by atoms with van der Waals surface area (Å²) in [6, 6.07) is 59.3. The normalized spacial score (nSPS) is 13.5. The molecule has 54 heavy (non-hydrogen) atoms. The fourth-order valence-electron chi connectivity index (χ4n) is 9.44. The second kappa shape index (κ2) is 10.6. The van der Waals surface area contributed by atoms with Crippen LogP contribution < -0.4 is 0 Å². The number of hydrogen-bond donors (Lipinski definition) is 0. The lowest BCUT2D eigenvalue weighted by atomic mass is 9.80. The van der Waals surface area contributed by atoms with E-state index in [4.69, 9.17) is 8.83 Å². The molecule has 3 nitrogen and oxygen atoms in total. The van der Waals surface area contributed by atoms with Crippen LogP contribution in [0.2, 0.25) is 0 Å². The first-order valence-corrected chi connectivity index (χ1v) is 18.7. The Balaban J connectivity index is 1.02. The summed E-state index contributed by atoms with van der Waals surface area (Å²) in [4.78, 5) is 0. The van der Waals surface area contributed by atoms with Gasteiger partial charge >= 0.3 is 0 Å². The van der Waals surface area contributed by atoms with Gasteiger partial charge in [-0.2, -0.15) is 0 Å². The van der Waals surface area contributed by atoms with Gasteiger partial charge in [0.2, 0.25) is 0 Å². The van der Waals surface area contributed by atoms with Crippen LogP contribution in [-0.4, -0.2) is 4.57 Å². The second-order valence-electron chi connectivity index (χ2n) is 15.3. The first-order chi connectivity index (χ1) is 26.5. The van der Waals surface area contributed by atoms with Crippen molar-refractivity contribution in [1.29, 1.82) is 0 Å². The number of nitrogens with zero attached hydrogens (tertiary/aromatic N) is 1. The third kappa shape index (κ3) is 4.01. The number of hydrogen-bond acceptors (Lipinski definition) is 2. The van der Waals surface area contributed by atoms with Gasteiger partial charge in [-0.15, -0.1) is 0 Å². The predicted octanol–water partition coefficient (Wildman–Crippen LogP) is 14.2. The van der Waals surface area contributed by atoms with Crippen LogP contribution in [0, 0.1) is 0 Å². The van der Waals surface area contributed by atoms with Gasteiger partial charge < -0.3 is 13.4 Å². The van der Waals surface area contributed by atoms with E-state index in [1.807, 2.05) is 18.2 Å². The molecule has 0 radical (unpaired) electrons. The number of rotatable bonds is 3. The minimum atomic E-state index is -0.196. The van der Waals surface area contributed by atoms with E-state index in [9.17, 15) is 0 Å². The zero-order valence-corrected chi connectivity index (χ0v) is 29.9. The highest BCUT2D eigenvalue weighted by Crippen LogP contribution is 2.54. The Hall–Kier alpha value is -6.84. The Morgan fingerprint density at radius 1 is 0.407 bits per heavy atom. The maximum atomic E-state index is 6.33. The SMILES string of the molecule is CC1(C)c2cc(-c3ccc4c5cc(-c6ccc7oc8ccccc8c7c6)ccc5n(-c5ccccc5)c4c3)ccc2-c2ccc3oc4ccccc4c3c21. The largest absolute Gasteiger partial charge is 0.456 e. The molecule has 3 aromatic heterocycles. The summed E-state index contributed by atoms with van der Waals surface area (Å²) < 4.78 is 14.9. The van der Waals surface area contributed by atoms with Gasteiger partial charge in [0.25, 0.3) is 0 Å².